The van der Waals surface area contributed by atoms with Gasteiger partial charge in [0.15, 0.2) is 15.6 Å². The maximum absolute atomic E-state index is 11.8. The number of ether oxygens (including phenoxy) is 4. The van der Waals surface area contributed by atoms with Crippen molar-refractivity contribution in [3.8, 4) is 0 Å². The summed E-state index contributed by atoms with van der Waals surface area (Å²) >= 11 is 6.42. The Hall–Kier alpha value is -0.220. The number of nitrogens with one attached hydrogen (secondary N) is 1. The van der Waals surface area contributed by atoms with Gasteiger partial charge in [-0.05, 0) is 224 Å². The second-order valence-corrected chi connectivity index (χ2v) is 65.6. The first-order chi connectivity index (χ1) is 56.3. The van der Waals surface area contributed by atoms with Gasteiger partial charge in [0, 0.05) is 74.0 Å². The fourth-order valence-electron chi connectivity index (χ4n) is 27.9. The normalized spacial score (nSPS) is 23.3. The van der Waals surface area contributed by atoms with Gasteiger partial charge < -0.3 is 29.2 Å². The number of amides is 2. The molecule has 0 unspecified atom stereocenters. The van der Waals surface area contributed by atoms with Crippen molar-refractivity contribution in [2.45, 2.75) is 470 Å². The van der Waals surface area contributed by atoms with E-state index in [1.165, 1.54) is 85.9 Å². The molecule has 0 aliphatic carbocycles. The van der Waals surface area contributed by atoms with Crippen molar-refractivity contribution in [2.24, 2.45) is 141 Å². The van der Waals surface area contributed by atoms with Crippen LogP contribution in [-0.4, -0.2) is 136 Å². The van der Waals surface area contributed by atoms with Gasteiger partial charge in [0.25, 0.3) is 0 Å². The molecule has 0 aromatic carbocycles. The maximum atomic E-state index is 11.8. The third-order valence-corrected chi connectivity index (χ3v) is 41.5. The Bertz CT molecular complexity index is 3070. The van der Waals surface area contributed by atoms with E-state index >= 15 is 0 Å². The van der Waals surface area contributed by atoms with Crippen LogP contribution in [0.5, 0.6) is 0 Å². The van der Waals surface area contributed by atoms with Crippen LogP contribution in [0.15, 0.2) is 0 Å². The van der Waals surface area contributed by atoms with Crippen molar-refractivity contribution < 1.29 is 37.0 Å². The van der Waals surface area contributed by atoms with E-state index < -0.39 is 15.6 Å². The first-order valence-corrected chi connectivity index (χ1v) is 56.5. The summed E-state index contributed by atoms with van der Waals surface area (Å²) in [6, 6.07) is 0. The molecule has 9 heterocycles. The average molecular weight is 1880 g/mol. The molecule has 0 aromatic rings. The lowest BCUT2D eigenvalue weighted by molar-refractivity contribution is -0.279. The fraction of sp³-hybridized carbons (Fsp3) is 0.982. The highest BCUT2D eigenvalue weighted by molar-refractivity contribution is 7.99. The average Bonchev–Trinajstić information content (AvgIpc) is 1.31. The van der Waals surface area contributed by atoms with Crippen molar-refractivity contribution in [3.05, 3.63) is 0 Å². The lowest BCUT2D eigenvalue weighted by Gasteiger charge is -2.57. The molecule has 0 saturated carbocycles. The molecule has 0 atom stereocenters. The molecule has 10 nitrogen and oxygen atoms in total. The van der Waals surface area contributed by atoms with Crippen LogP contribution in [0.1, 0.15) is 464 Å². The monoisotopic (exact) mass is 1880 g/mol. The number of nitrogens with zero attached hydrogens (tertiary/aromatic N) is 1. The minimum atomic E-state index is -2.82. The summed E-state index contributed by atoms with van der Waals surface area (Å²) in [6.45, 7) is 135. The summed E-state index contributed by atoms with van der Waals surface area (Å²) in [4.78, 5) is 25.3. The lowest BCUT2D eigenvalue weighted by atomic mass is 9.50. The van der Waals surface area contributed by atoms with E-state index in [-0.39, 0.29) is 60.1 Å². The molecule has 1 N–H and O–H groups in total. The topological polar surface area (TPSA) is 120 Å². The Morgan fingerprint density at radius 2 is 0.602 bits per heavy atom. The molecule has 9 aliphatic heterocycles. The van der Waals surface area contributed by atoms with E-state index in [1.807, 2.05) is 6.92 Å². The number of sulfone groups is 1. The second kappa shape index (κ2) is 43.5. The fourth-order valence-corrected chi connectivity index (χ4v) is 35.5. The van der Waals surface area contributed by atoms with Crippen molar-refractivity contribution in [2.75, 3.05) is 105 Å². The number of thioether (sulfide) groups is 3. The van der Waals surface area contributed by atoms with E-state index in [1.54, 1.807) is 0 Å². The van der Waals surface area contributed by atoms with Gasteiger partial charge in [-0.15, -0.1) is 0 Å². The zero-order valence-corrected chi connectivity index (χ0v) is 99.8. The Labute approximate surface area is 814 Å². The van der Waals surface area contributed by atoms with E-state index in [0.717, 1.165) is 65.3 Å². The Balaban J connectivity index is 0.000000721. The van der Waals surface area contributed by atoms with Crippen LogP contribution in [0.4, 0.5) is 0 Å². The van der Waals surface area contributed by atoms with Crippen LogP contribution in [0.2, 0.25) is 0 Å². The standard InChI is InChI=1S/C16H31NO.C13H26O.2C13H26S.C12H23NO.C12H24O2S.C12H24O.C12H24S.C11H22O2/c1-8-13(18)17-11-9-16(10-12-17,14(2,3)4)15(5,6)7;2*1-11(2,3)13(12(4,5)6)7-9-14-10-8-13;1-11(2,3)13(12(4,5)6)8-7-9-14-10-13;1-10(2,3)12(11(4,5)6)7-9(14)13-8-12;1-10(2,3)12(11(4,5)6)7-8-15(13,14)9-12;2*1-10(2,3)12(11(4,5)6)7-8-13-9-12;1-9(2,3)11(10(4,5)6)12-7-8-13-11/h8-12H2,1-7H3;3*7-10H2,1-6H3;7-8H2,1-6H3,(H,13,14);7-9H2,1-6H3;2*7-9H2,1-6H3;7-8H2,1-6H3. The van der Waals surface area contributed by atoms with Gasteiger partial charge in [-0.1, -0.05) is 381 Å². The largest absolute Gasteiger partial charge is 0.381 e. The molecule has 9 saturated heterocycles. The minimum Gasteiger partial charge on any atom is -0.381 e. The van der Waals surface area contributed by atoms with Gasteiger partial charge in [0.2, 0.25) is 11.8 Å². The summed E-state index contributed by atoms with van der Waals surface area (Å²) in [5, 5.41) is 2.98. The predicted molar refractivity (Wildman–Crippen MR) is 572 cm³/mol. The molecule has 9 fully saturated rings. The molecule has 0 radical (unpaired) electrons. The molecule has 9 rings (SSSR count). The van der Waals surface area contributed by atoms with Gasteiger partial charge in [0.1, 0.15) is 0 Å². The lowest BCUT2D eigenvalue weighted by Crippen LogP contribution is -2.54. The quantitative estimate of drug-likeness (QED) is 0.270. The molecule has 0 bridgehead atoms. The van der Waals surface area contributed by atoms with Crippen LogP contribution in [0.25, 0.3) is 0 Å². The summed E-state index contributed by atoms with van der Waals surface area (Å²) < 4.78 is 46.3. The highest BCUT2D eigenvalue weighted by atomic mass is 32.2. The van der Waals surface area contributed by atoms with Gasteiger partial charge in [0.05, 0.1) is 31.3 Å². The predicted octanol–water partition coefficient (Wildman–Crippen LogP) is 33.1. The Morgan fingerprint density at radius 3 is 0.789 bits per heavy atom. The van der Waals surface area contributed by atoms with Crippen LogP contribution < -0.4 is 5.32 Å². The second-order valence-electron chi connectivity index (χ2n) is 60.0. The molecule has 128 heavy (non-hydrogen) atoms. The van der Waals surface area contributed by atoms with E-state index in [2.05, 4.69) is 419 Å². The van der Waals surface area contributed by atoms with Gasteiger partial charge in [-0.3, -0.25) is 9.59 Å². The number of likely N-dealkylation sites (tertiary alicyclic amines) is 1. The zero-order valence-electron chi connectivity index (χ0n) is 96.6. The molecule has 9 aliphatic rings. The van der Waals surface area contributed by atoms with E-state index in [9.17, 15) is 18.0 Å². The highest BCUT2D eigenvalue weighted by Gasteiger charge is 2.61. The van der Waals surface area contributed by atoms with Crippen molar-refractivity contribution >= 4 is 56.9 Å². The van der Waals surface area contributed by atoms with Crippen LogP contribution in [0.3, 0.4) is 0 Å². The molecular formula is C114H226N2O8S4. The first kappa shape index (κ1) is 126. The van der Waals surface area contributed by atoms with Gasteiger partial charge >= 0.3 is 0 Å². The maximum Gasteiger partial charge on any atom is 0.222 e. The van der Waals surface area contributed by atoms with Crippen molar-refractivity contribution in [1.82, 2.24) is 10.2 Å². The summed E-state index contributed by atoms with van der Waals surface area (Å²) in [5.41, 5.74) is 7.69. The molecule has 764 valence electrons. The number of hydrogen-bond donors (Lipinski definition) is 1. The number of hydrogen-bond acceptors (Lipinski definition) is 11. The summed E-state index contributed by atoms with van der Waals surface area (Å²) in [5.74, 6) is 8.93. The third kappa shape index (κ3) is 28.8. The molecule has 0 spiro atoms. The van der Waals surface area contributed by atoms with E-state index in [4.69, 9.17) is 18.9 Å². The van der Waals surface area contributed by atoms with Crippen molar-refractivity contribution in [1.29, 1.82) is 0 Å². The SMILES string of the molecule is CC(C)(C)C1(C(C)(C)C)CCCSC1.CC(C)(C)C1(C(C)(C)C)CCOC1.CC(C)(C)C1(C(C)(C)C)CCOCC1.CC(C)(C)C1(C(C)(C)C)CCS(=O)(=O)C1.CC(C)(C)C1(C(C)(C)C)CCSC1.CC(C)(C)C1(C(C)(C)C)CCSCC1.CC(C)(C)C1(C(C)(C)C)CNC(=O)C1.CC(C)(C)C1(C(C)(C)C)OCCO1.CCC(=O)N1CCC(C(C)(C)C)(C(C)(C)C)CC1. The molecular weight excluding hydrogens is 1650 g/mol. The van der Waals surface area contributed by atoms with E-state index in [0.29, 0.717) is 130 Å². The van der Waals surface area contributed by atoms with Crippen LogP contribution >= 0.6 is 35.3 Å². The molecule has 0 aromatic heterocycles. The number of carbonyl (C=O) groups excluding carboxylic acids is 2. The minimum absolute atomic E-state index is 0.0156. The number of carbonyl (C=O) groups is 2. The molecule has 14 heteroatoms. The Morgan fingerprint density at radius 1 is 0.320 bits per heavy atom. The van der Waals surface area contributed by atoms with Gasteiger partial charge in [-0.2, -0.15) is 35.3 Å². The smallest absolute Gasteiger partial charge is 0.222 e. The Kier molecular flexibility index (Phi) is 42.7. The molecule has 2 amide bonds. The van der Waals surface area contributed by atoms with Crippen LogP contribution in [0, 0.1) is 141 Å². The highest BCUT2D eigenvalue weighted by Crippen LogP contribution is 2.66. The van der Waals surface area contributed by atoms with Crippen LogP contribution in [-0.2, 0) is 38.4 Å². The van der Waals surface area contributed by atoms with Crippen molar-refractivity contribution in [3.63, 3.8) is 0 Å². The third-order valence-electron chi connectivity index (χ3n) is 36.2. The van der Waals surface area contributed by atoms with Gasteiger partial charge in [-0.25, -0.2) is 8.42 Å². The number of rotatable bonds is 1. The summed E-state index contributed by atoms with van der Waals surface area (Å²) in [6.07, 6.45) is 15.0. The zero-order chi connectivity index (χ0) is 102. The first-order valence-electron chi connectivity index (χ1n) is 51.2. The number of piperidine rings is 1. The summed E-state index contributed by atoms with van der Waals surface area (Å²) in [7, 11) is -2.82.